The van der Waals surface area contributed by atoms with Crippen molar-refractivity contribution in [2.75, 3.05) is 4.90 Å². The third-order valence-electron chi connectivity index (χ3n) is 6.38. The van der Waals surface area contributed by atoms with Crippen molar-refractivity contribution in [1.82, 2.24) is 4.72 Å². The van der Waals surface area contributed by atoms with Crippen molar-refractivity contribution >= 4 is 38.1 Å². The highest BCUT2D eigenvalue weighted by atomic mass is 32.2. The number of benzene rings is 4. The van der Waals surface area contributed by atoms with Crippen LogP contribution in [0.3, 0.4) is 0 Å². The van der Waals surface area contributed by atoms with E-state index in [-0.39, 0.29) is 21.7 Å². The number of fused-ring (bicyclic) bond motifs is 2. The molecule has 0 fully saturated rings. The number of rotatable bonds is 5. The number of nitrogens with zero attached hydrogens (tertiary/aromatic N) is 1. The molecule has 1 amide bonds. The zero-order chi connectivity index (χ0) is 29.1. The lowest BCUT2D eigenvalue weighted by Crippen LogP contribution is -2.41. The number of halogens is 3. The molecule has 0 radical (unpaired) electrons. The van der Waals surface area contributed by atoms with Gasteiger partial charge < -0.3 is 9.84 Å². The molecule has 11 heteroatoms. The Bertz CT molecular complexity index is 1730. The van der Waals surface area contributed by atoms with Gasteiger partial charge in [0.25, 0.3) is 5.91 Å². The highest BCUT2D eigenvalue weighted by molar-refractivity contribution is 7.89. The summed E-state index contributed by atoms with van der Waals surface area (Å²) in [5.41, 5.74) is -1.98. The Balaban J connectivity index is 1.61. The molecule has 40 heavy (non-hydrogen) atoms. The van der Waals surface area contributed by atoms with E-state index < -0.39 is 39.2 Å². The molecular weight excluding hydrogens is 545 g/mol. The average Bonchev–Trinajstić information content (AvgIpc) is 3.09. The third kappa shape index (κ3) is 4.91. The molecule has 0 spiro atoms. The maximum atomic E-state index is 14.0. The second-order valence-corrected chi connectivity index (χ2v) is 12.1. The van der Waals surface area contributed by atoms with Gasteiger partial charge in [0.05, 0.1) is 16.3 Å². The first kappa shape index (κ1) is 27.6. The smallest absolute Gasteiger partial charge is 0.406 e. The molecule has 1 unspecified atom stereocenters. The van der Waals surface area contributed by atoms with E-state index in [4.69, 9.17) is 0 Å². The molecule has 1 aliphatic rings. The van der Waals surface area contributed by atoms with Crippen molar-refractivity contribution in [2.45, 2.75) is 43.2 Å². The summed E-state index contributed by atoms with van der Waals surface area (Å²) in [6.07, 6.45) is -4.90. The maximum absolute atomic E-state index is 14.0. The fourth-order valence-electron chi connectivity index (χ4n) is 4.84. The topological polar surface area (TPSA) is 95.9 Å². The number of ether oxygens (including phenoxy) is 1. The van der Waals surface area contributed by atoms with Gasteiger partial charge in [0.15, 0.2) is 5.60 Å². The lowest BCUT2D eigenvalue weighted by atomic mass is 9.87. The summed E-state index contributed by atoms with van der Waals surface area (Å²) < 4.78 is 70.9. The summed E-state index contributed by atoms with van der Waals surface area (Å²) in [6, 6.07) is 20.6. The predicted molar refractivity (Wildman–Crippen MR) is 144 cm³/mol. The highest BCUT2D eigenvalue weighted by Gasteiger charge is 2.52. The molecule has 4 aromatic rings. The van der Waals surface area contributed by atoms with Gasteiger partial charge in [0, 0.05) is 16.5 Å². The van der Waals surface area contributed by atoms with Gasteiger partial charge in [-0.05, 0) is 68.1 Å². The lowest BCUT2D eigenvalue weighted by molar-refractivity contribution is -0.274. The van der Waals surface area contributed by atoms with Gasteiger partial charge in [-0.1, -0.05) is 48.5 Å². The molecule has 208 valence electrons. The number of sulfonamides is 1. The van der Waals surface area contributed by atoms with Crippen LogP contribution in [-0.4, -0.2) is 31.3 Å². The second-order valence-electron chi connectivity index (χ2n) is 10.5. The Hall–Kier alpha value is -3.93. The summed E-state index contributed by atoms with van der Waals surface area (Å²) in [5.74, 6) is -1.23. The Morgan fingerprint density at radius 1 is 0.875 bits per heavy atom. The molecule has 0 aromatic heterocycles. The van der Waals surface area contributed by atoms with E-state index in [1.165, 1.54) is 47.4 Å². The van der Waals surface area contributed by atoms with Crippen molar-refractivity contribution < 1.29 is 36.2 Å². The van der Waals surface area contributed by atoms with E-state index in [9.17, 15) is 31.5 Å². The molecule has 0 aliphatic carbocycles. The van der Waals surface area contributed by atoms with Gasteiger partial charge in [0.2, 0.25) is 10.0 Å². The van der Waals surface area contributed by atoms with Crippen molar-refractivity contribution in [3.63, 3.8) is 0 Å². The number of hydrogen-bond donors (Lipinski definition) is 2. The van der Waals surface area contributed by atoms with Crippen LogP contribution < -0.4 is 14.4 Å². The fraction of sp³-hybridized carbons (Fsp3) is 0.207. The van der Waals surface area contributed by atoms with Crippen LogP contribution in [0.4, 0.5) is 24.5 Å². The average molecular weight is 571 g/mol. The number of amides is 1. The Morgan fingerprint density at radius 2 is 1.52 bits per heavy atom. The minimum Gasteiger partial charge on any atom is -0.406 e. The number of para-hydroxylation sites is 1. The molecule has 0 bridgehead atoms. The molecule has 0 saturated heterocycles. The second kappa shape index (κ2) is 9.33. The summed E-state index contributed by atoms with van der Waals surface area (Å²) >= 11 is 0. The van der Waals surface area contributed by atoms with Crippen LogP contribution in [0.25, 0.3) is 10.8 Å². The van der Waals surface area contributed by atoms with Crippen LogP contribution >= 0.6 is 0 Å². The summed E-state index contributed by atoms with van der Waals surface area (Å²) in [4.78, 5) is 15.3. The van der Waals surface area contributed by atoms with Gasteiger partial charge in [-0.3, -0.25) is 9.69 Å². The number of aliphatic hydroxyl groups is 1. The number of carbonyl (C=O) groups is 1. The van der Waals surface area contributed by atoms with Crippen molar-refractivity contribution in [3.8, 4) is 5.75 Å². The molecule has 1 atom stereocenters. The predicted octanol–water partition coefficient (Wildman–Crippen LogP) is 5.73. The van der Waals surface area contributed by atoms with E-state index in [0.717, 1.165) is 0 Å². The first-order chi connectivity index (χ1) is 18.6. The monoisotopic (exact) mass is 570 g/mol. The minimum absolute atomic E-state index is 0.0448. The van der Waals surface area contributed by atoms with Gasteiger partial charge in [-0.2, -0.15) is 0 Å². The molecule has 7 nitrogen and oxygen atoms in total. The van der Waals surface area contributed by atoms with Gasteiger partial charge in [0.1, 0.15) is 5.75 Å². The molecule has 1 aliphatic heterocycles. The quantitative estimate of drug-likeness (QED) is 0.320. The van der Waals surface area contributed by atoms with Crippen molar-refractivity contribution in [1.29, 1.82) is 0 Å². The van der Waals surface area contributed by atoms with Crippen LogP contribution in [0, 0.1) is 0 Å². The van der Waals surface area contributed by atoms with Gasteiger partial charge >= 0.3 is 6.36 Å². The molecule has 5 rings (SSSR count). The first-order valence-electron chi connectivity index (χ1n) is 12.2. The van der Waals surface area contributed by atoms with Crippen LogP contribution in [0.2, 0.25) is 0 Å². The van der Waals surface area contributed by atoms with E-state index in [1.807, 2.05) is 0 Å². The van der Waals surface area contributed by atoms with E-state index in [1.54, 1.807) is 63.2 Å². The zero-order valence-electron chi connectivity index (χ0n) is 21.7. The highest BCUT2D eigenvalue weighted by Crippen LogP contribution is 2.49. The summed E-state index contributed by atoms with van der Waals surface area (Å²) in [5, 5.41) is 12.8. The Morgan fingerprint density at radius 3 is 2.17 bits per heavy atom. The number of anilines is 2. The van der Waals surface area contributed by atoms with Crippen molar-refractivity contribution in [2.24, 2.45) is 0 Å². The normalized spacial score (nSPS) is 17.8. The molecule has 4 aromatic carbocycles. The first-order valence-corrected chi connectivity index (χ1v) is 13.7. The maximum Gasteiger partial charge on any atom is 0.573 e. The van der Waals surface area contributed by atoms with E-state index in [2.05, 4.69) is 9.46 Å². The largest absolute Gasteiger partial charge is 0.573 e. The van der Waals surface area contributed by atoms with E-state index >= 15 is 0 Å². The van der Waals surface area contributed by atoms with Gasteiger partial charge in [-0.15, -0.1) is 13.2 Å². The van der Waals surface area contributed by atoms with E-state index in [0.29, 0.717) is 16.5 Å². The molecule has 2 N–H and O–H groups in total. The van der Waals surface area contributed by atoms with Crippen molar-refractivity contribution in [3.05, 3.63) is 96.1 Å². The summed E-state index contributed by atoms with van der Waals surface area (Å²) in [7, 11) is -3.87. The standard InChI is InChI=1S/C29H25F3N2O5S/c1-27(2,3)33-40(37,38)21-15-12-19(13-16-21)28(36)23-8-4-5-9-25(23)34(26(28)35)24-10-6-7-18-11-14-20(17-22(18)24)39-29(30,31)32/h4-17,33,36H,1-3H3. The Labute approximate surface area is 228 Å². The third-order valence-corrected chi connectivity index (χ3v) is 8.15. The minimum atomic E-state index is -4.90. The molecular formula is C29H25F3N2O5S. The summed E-state index contributed by atoms with van der Waals surface area (Å²) in [6.45, 7) is 5.11. The van der Waals surface area contributed by atoms with Gasteiger partial charge in [-0.25, -0.2) is 13.1 Å². The number of hydrogen-bond acceptors (Lipinski definition) is 5. The Kier molecular flexibility index (Phi) is 6.44. The van der Waals surface area contributed by atoms with Crippen LogP contribution in [0.1, 0.15) is 31.9 Å². The fourth-order valence-corrected chi connectivity index (χ4v) is 6.26. The van der Waals surface area contributed by atoms with Crippen LogP contribution in [0.5, 0.6) is 5.75 Å². The number of nitrogens with one attached hydrogen (secondary N) is 1. The molecule has 1 heterocycles. The van der Waals surface area contributed by atoms with Crippen LogP contribution in [0.15, 0.2) is 89.8 Å². The number of alkyl halides is 3. The lowest BCUT2D eigenvalue weighted by Gasteiger charge is -2.25. The van der Waals surface area contributed by atoms with Crippen LogP contribution in [-0.2, 0) is 20.4 Å². The zero-order valence-corrected chi connectivity index (χ0v) is 22.5. The SMILES string of the molecule is CC(C)(C)NS(=O)(=O)c1ccc(C2(O)C(=O)N(c3cccc4ccc(OC(F)(F)F)cc34)c3ccccc32)cc1. The molecule has 0 saturated carbocycles. The number of carbonyl (C=O) groups excluding carboxylic acids is 1.